The lowest BCUT2D eigenvalue weighted by atomic mass is 10.1. The number of fused-ring (bicyclic) bond motifs is 1. The Bertz CT molecular complexity index is 360. The van der Waals surface area contributed by atoms with Gasteiger partial charge in [-0.3, -0.25) is 4.79 Å². The Kier molecular flexibility index (Phi) is 1.40. The molecule has 62 valence electrons. The molecule has 1 amide bonds. The predicted octanol–water partition coefficient (Wildman–Crippen LogP) is 1.38. The summed E-state index contributed by atoms with van der Waals surface area (Å²) in [6, 6.07) is 3.15. The summed E-state index contributed by atoms with van der Waals surface area (Å²) in [5.41, 5.74) is 1.75. The van der Waals surface area contributed by atoms with Gasteiger partial charge in [0.2, 0.25) is 0 Å². The van der Waals surface area contributed by atoms with E-state index in [0.717, 1.165) is 5.56 Å². The maximum absolute atomic E-state index is 13.1. The van der Waals surface area contributed by atoms with Gasteiger partial charge in [0.25, 0.3) is 5.91 Å². The summed E-state index contributed by atoms with van der Waals surface area (Å²) in [4.78, 5) is 11.1. The molecule has 0 spiro atoms. The van der Waals surface area contributed by atoms with Gasteiger partial charge in [0.15, 0.2) is 0 Å². The fourth-order valence-electron chi connectivity index (χ4n) is 1.42. The number of nitrogens with one attached hydrogen (secondary N) is 1. The van der Waals surface area contributed by atoms with Gasteiger partial charge in [-0.1, -0.05) is 0 Å². The summed E-state index contributed by atoms with van der Waals surface area (Å²) in [5.74, 6) is -0.462. The molecule has 2 nitrogen and oxygen atoms in total. The second kappa shape index (κ2) is 2.30. The van der Waals surface area contributed by atoms with Crippen LogP contribution in [0.5, 0.6) is 0 Å². The summed E-state index contributed by atoms with van der Waals surface area (Å²) < 4.78 is 13.1. The SMILES string of the molecule is Cc1cc(F)c2c(c1)C(=O)NC2. The van der Waals surface area contributed by atoms with E-state index in [1.165, 1.54) is 6.07 Å². The number of benzene rings is 1. The highest BCUT2D eigenvalue weighted by Crippen LogP contribution is 2.20. The number of hydrogen-bond donors (Lipinski definition) is 1. The van der Waals surface area contributed by atoms with Crippen molar-refractivity contribution in [3.63, 3.8) is 0 Å². The fourth-order valence-corrected chi connectivity index (χ4v) is 1.42. The van der Waals surface area contributed by atoms with Crippen LogP contribution < -0.4 is 5.32 Å². The largest absolute Gasteiger partial charge is 0.348 e. The molecular formula is C9H8FNO. The molecule has 0 saturated carbocycles. The monoisotopic (exact) mass is 165 g/mol. The number of rotatable bonds is 0. The number of carbonyl (C=O) groups excluding carboxylic acids is 1. The number of halogens is 1. The van der Waals surface area contributed by atoms with Gasteiger partial charge in [0.05, 0.1) is 0 Å². The zero-order chi connectivity index (χ0) is 8.72. The summed E-state index contributed by atoms with van der Waals surface area (Å²) in [6.07, 6.45) is 0. The van der Waals surface area contributed by atoms with Crippen LogP contribution in [-0.4, -0.2) is 5.91 Å². The molecule has 0 aromatic heterocycles. The van der Waals surface area contributed by atoms with Gasteiger partial charge in [0.1, 0.15) is 5.82 Å². The van der Waals surface area contributed by atoms with Crippen molar-refractivity contribution in [2.75, 3.05) is 0 Å². The molecule has 0 aliphatic carbocycles. The van der Waals surface area contributed by atoms with Crippen LogP contribution in [0.3, 0.4) is 0 Å². The first-order chi connectivity index (χ1) is 5.68. The smallest absolute Gasteiger partial charge is 0.252 e. The third kappa shape index (κ3) is 0.897. The summed E-state index contributed by atoms with van der Waals surface area (Å²) >= 11 is 0. The molecule has 1 aromatic rings. The van der Waals surface area contributed by atoms with Crippen molar-refractivity contribution in [3.05, 3.63) is 34.6 Å². The number of aryl methyl sites for hydroxylation is 1. The van der Waals surface area contributed by atoms with Crippen molar-refractivity contribution >= 4 is 5.91 Å². The standard InChI is InChI=1S/C9H8FNO/c1-5-2-6-7(8(10)3-5)4-11-9(6)12/h2-3H,4H2,1H3,(H,11,12). The minimum absolute atomic E-state index is 0.174. The van der Waals surface area contributed by atoms with Crippen LogP contribution in [0.2, 0.25) is 0 Å². The van der Waals surface area contributed by atoms with Crippen LogP contribution in [0.15, 0.2) is 12.1 Å². The molecule has 1 heterocycles. The molecule has 0 radical (unpaired) electrons. The first-order valence-corrected chi connectivity index (χ1v) is 3.75. The quantitative estimate of drug-likeness (QED) is 0.618. The minimum atomic E-state index is -0.289. The molecule has 0 saturated heterocycles. The lowest BCUT2D eigenvalue weighted by molar-refractivity contribution is 0.0965. The van der Waals surface area contributed by atoms with E-state index in [9.17, 15) is 9.18 Å². The van der Waals surface area contributed by atoms with Crippen LogP contribution in [-0.2, 0) is 6.54 Å². The van der Waals surface area contributed by atoms with E-state index in [1.807, 2.05) is 0 Å². The second-order valence-corrected chi connectivity index (χ2v) is 2.96. The van der Waals surface area contributed by atoms with Crippen LogP contribution in [0.1, 0.15) is 21.5 Å². The topological polar surface area (TPSA) is 29.1 Å². The molecule has 0 unspecified atom stereocenters. The Hall–Kier alpha value is -1.38. The summed E-state index contributed by atoms with van der Waals surface area (Å²) in [5, 5.41) is 2.57. The van der Waals surface area contributed by atoms with Crippen molar-refractivity contribution < 1.29 is 9.18 Å². The van der Waals surface area contributed by atoms with Gasteiger partial charge >= 0.3 is 0 Å². The first-order valence-electron chi connectivity index (χ1n) is 3.75. The molecule has 2 rings (SSSR count). The van der Waals surface area contributed by atoms with Crippen LogP contribution in [0.4, 0.5) is 4.39 Å². The van der Waals surface area contributed by atoms with Crippen LogP contribution in [0.25, 0.3) is 0 Å². The van der Waals surface area contributed by atoms with Crippen LogP contribution in [0, 0.1) is 12.7 Å². The van der Waals surface area contributed by atoms with Gasteiger partial charge in [-0.05, 0) is 24.6 Å². The normalized spacial score (nSPS) is 14.3. The third-order valence-corrected chi connectivity index (χ3v) is 2.01. The van der Waals surface area contributed by atoms with E-state index >= 15 is 0 Å². The molecule has 0 fully saturated rings. The van der Waals surface area contributed by atoms with Gasteiger partial charge in [-0.2, -0.15) is 0 Å². The van der Waals surface area contributed by atoms with E-state index in [-0.39, 0.29) is 11.7 Å². The number of carbonyl (C=O) groups is 1. The zero-order valence-corrected chi connectivity index (χ0v) is 6.65. The van der Waals surface area contributed by atoms with Crippen molar-refractivity contribution in [2.45, 2.75) is 13.5 Å². The molecule has 3 heteroatoms. The zero-order valence-electron chi connectivity index (χ0n) is 6.65. The predicted molar refractivity (Wildman–Crippen MR) is 42.3 cm³/mol. The maximum Gasteiger partial charge on any atom is 0.252 e. The minimum Gasteiger partial charge on any atom is -0.348 e. The molecule has 1 aliphatic heterocycles. The summed E-state index contributed by atoms with van der Waals surface area (Å²) in [6.45, 7) is 2.09. The lowest BCUT2D eigenvalue weighted by Gasteiger charge is -1.99. The Morgan fingerprint density at radius 3 is 3.00 bits per heavy atom. The Morgan fingerprint density at radius 1 is 1.50 bits per heavy atom. The molecule has 1 N–H and O–H groups in total. The van der Waals surface area contributed by atoms with E-state index < -0.39 is 0 Å². The highest BCUT2D eigenvalue weighted by molar-refractivity contribution is 5.98. The summed E-state index contributed by atoms with van der Waals surface area (Å²) in [7, 11) is 0. The number of hydrogen-bond acceptors (Lipinski definition) is 1. The highest BCUT2D eigenvalue weighted by atomic mass is 19.1. The van der Waals surface area contributed by atoms with Gasteiger partial charge in [0, 0.05) is 17.7 Å². The average Bonchev–Trinajstić information content (AvgIpc) is 2.33. The van der Waals surface area contributed by atoms with E-state index in [0.29, 0.717) is 17.7 Å². The van der Waals surface area contributed by atoms with Gasteiger partial charge < -0.3 is 5.32 Å². The van der Waals surface area contributed by atoms with Crippen molar-refractivity contribution in [3.8, 4) is 0 Å². The molecule has 12 heavy (non-hydrogen) atoms. The lowest BCUT2D eigenvalue weighted by Crippen LogP contribution is -2.12. The van der Waals surface area contributed by atoms with E-state index in [4.69, 9.17) is 0 Å². The third-order valence-electron chi connectivity index (χ3n) is 2.01. The van der Waals surface area contributed by atoms with Gasteiger partial charge in [-0.15, -0.1) is 0 Å². The first kappa shape index (κ1) is 7.28. The second-order valence-electron chi connectivity index (χ2n) is 2.96. The average molecular weight is 165 g/mol. The highest BCUT2D eigenvalue weighted by Gasteiger charge is 2.21. The van der Waals surface area contributed by atoms with Gasteiger partial charge in [-0.25, -0.2) is 4.39 Å². The van der Waals surface area contributed by atoms with E-state index in [2.05, 4.69) is 5.32 Å². The van der Waals surface area contributed by atoms with Crippen molar-refractivity contribution in [2.24, 2.45) is 0 Å². The van der Waals surface area contributed by atoms with E-state index in [1.54, 1.807) is 13.0 Å². The molecule has 0 bridgehead atoms. The Morgan fingerprint density at radius 2 is 2.25 bits per heavy atom. The molecule has 1 aliphatic rings. The van der Waals surface area contributed by atoms with Crippen molar-refractivity contribution in [1.82, 2.24) is 5.32 Å². The molecule has 1 aromatic carbocycles. The maximum atomic E-state index is 13.1. The number of amides is 1. The molecule has 0 atom stereocenters. The molecular weight excluding hydrogens is 157 g/mol. The van der Waals surface area contributed by atoms with Crippen LogP contribution >= 0.6 is 0 Å². The van der Waals surface area contributed by atoms with Crippen molar-refractivity contribution in [1.29, 1.82) is 0 Å². The fraction of sp³-hybridized carbons (Fsp3) is 0.222. The Labute approximate surface area is 69.4 Å². The Balaban J connectivity index is 2.68.